The van der Waals surface area contributed by atoms with Gasteiger partial charge in [0.1, 0.15) is 22.9 Å². The van der Waals surface area contributed by atoms with Crippen LogP contribution in [-0.2, 0) is 0 Å². The van der Waals surface area contributed by atoms with Crippen LogP contribution < -0.4 is 9.47 Å². The molecule has 24 heavy (non-hydrogen) atoms. The first kappa shape index (κ1) is 15.9. The van der Waals surface area contributed by atoms with E-state index in [9.17, 15) is 9.90 Å². The summed E-state index contributed by atoms with van der Waals surface area (Å²) in [4.78, 5) is 14.1. The molecule has 5 nitrogen and oxygen atoms in total. The maximum atomic E-state index is 11.2. The van der Waals surface area contributed by atoms with Crippen LogP contribution in [0.1, 0.15) is 29.9 Å². The van der Waals surface area contributed by atoms with Gasteiger partial charge in [0.15, 0.2) is 0 Å². The summed E-state index contributed by atoms with van der Waals surface area (Å²) < 4.78 is 11.7. The highest BCUT2D eigenvalue weighted by Crippen LogP contribution is 2.34. The lowest BCUT2D eigenvalue weighted by molar-refractivity contribution is 0.0691. The quantitative estimate of drug-likeness (QED) is 0.710. The van der Waals surface area contributed by atoms with Crippen molar-refractivity contribution in [2.75, 3.05) is 0 Å². The van der Waals surface area contributed by atoms with Gasteiger partial charge in [-0.3, -0.25) is 0 Å². The summed E-state index contributed by atoms with van der Waals surface area (Å²) in [6, 6.07) is 12.9. The smallest absolute Gasteiger partial charge is 0.352 e. The molecule has 0 atom stereocenters. The molecule has 0 amide bonds. The van der Waals surface area contributed by atoms with Crippen LogP contribution in [0.4, 0.5) is 0 Å². The predicted molar refractivity (Wildman–Crippen MR) is 92.3 cm³/mol. The van der Waals surface area contributed by atoms with Crippen LogP contribution in [0.5, 0.6) is 17.2 Å². The zero-order valence-electron chi connectivity index (χ0n) is 13.8. The van der Waals surface area contributed by atoms with Crippen LogP contribution in [0.2, 0.25) is 0 Å². The van der Waals surface area contributed by atoms with Crippen molar-refractivity contribution in [2.45, 2.75) is 26.9 Å². The zero-order valence-corrected chi connectivity index (χ0v) is 13.8. The number of rotatable bonds is 5. The number of hydrogen-bond acceptors (Lipinski definition) is 3. The SMILES string of the molecule is Cc1ccc(Oc2cc(OC(C)C)c3[nH]c(C(=O)O)cc3c2)cc1. The van der Waals surface area contributed by atoms with Gasteiger partial charge in [0.2, 0.25) is 0 Å². The molecule has 1 aromatic heterocycles. The molecule has 0 radical (unpaired) electrons. The van der Waals surface area contributed by atoms with Gasteiger partial charge in [-0.05, 0) is 45.0 Å². The van der Waals surface area contributed by atoms with E-state index in [4.69, 9.17) is 9.47 Å². The van der Waals surface area contributed by atoms with E-state index in [1.807, 2.05) is 45.0 Å². The maximum absolute atomic E-state index is 11.2. The van der Waals surface area contributed by atoms with Crippen molar-refractivity contribution in [3.8, 4) is 17.2 Å². The number of aryl methyl sites for hydroxylation is 1. The molecule has 0 bridgehead atoms. The summed E-state index contributed by atoms with van der Waals surface area (Å²) in [6.07, 6.45) is -0.0422. The molecule has 0 aliphatic rings. The molecule has 0 unspecified atom stereocenters. The molecule has 0 aliphatic carbocycles. The van der Waals surface area contributed by atoms with Crippen molar-refractivity contribution in [3.63, 3.8) is 0 Å². The van der Waals surface area contributed by atoms with E-state index >= 15 is 0 Å². The van der Waals surface area contributed by atoms with Crippen molar-refractivity contribution in [1.82, 2.24) is 4.98 Å². The molecule has 0 fully saturated rings. The fourth-order valence-electron chi connectivity index (χ4n) is 2.45. The van der Waals surface area contributed by atoms with Crippen LogP contribution in [0, 0.1) is 6.92 Å². The summed E-state index contributed by atoms with van der Waals surface area (Å²) in [5.41, 5.74) is 1.92. The number of aromatic carboxylic acids is 1. The fourth-order valence-corrected chi connectivity index (χ4v) is 2.45. The van der Waals surface area contributed by atoms with Crippen molar-refractivity contribution in [1.29, 1.82) is 0 Å². The Morgan fingerprint density at radius 2 is 1.79 bits per heavy atom. The average molecular weight is 325 g/mol. The fraction of sp³-hybridized carbons (Fsp3) is 0.211. The Balaban J connectivity index is 2.04. The minimum absolute atomic E-state index is 0.0422. The Kier molecular flexibility index (Phi) is 4.16. The van der Waals surface area contributed by atoms with Gasteiger partial charge in [0.25, 0.3) is 0 Å². The molecule has 124 valence electrons. The van der Waals surface area contributed by atoms with E-state index in [0.717, 1.165) is 10.9 Å². The number of aromatic nitrogens is 1. The van der Waals surface area contributed by atoms with Crippen molar-refractivity contribution >= 4 is 16.9 Å². The standard InChI is InChI=1S/C19H19NO4/c1-11(2)23-17-10-15(24-14-6-4-12(3)5-7-14)8-13-9-16(19(21)22)20-18(13)17/h4-11,20H,1-3H3,(H,21,22). The van der Waals surface area contributed by atoms with Gasteiger partial charge in [0, 0.05) is 11.5 Å². The summed E-state index contributed by atoms with van der Waals surface area (Å²) in [7, 11) is 0. The highest BCUT2D eigenvalue weighted by Gasteiger charge is 2.14. The number of nitrogens with one attached hydrogen (secondary N) is 1. The largest absolute Gasteiger partial charge is 0.489 e. The van der Waals surface area contributed by atoms with E-state index < -0.39 is 5.97 Å². The molecule has 5 heteroatoms. The first-order chi connectivity index (χ1) is 11.4. The monoisotopic (exact) mass is 325 g/mol. The third kappa shape index (κ3) is 3.35. The van der Waals surface area contributed by atoms with Gasteiger partial charge < -0.3 is 19.6 Å². The van der Waals surface area contributed by atoms with Crippen LogP contribution in [-0.4, -0.2) is 22.2 Å². The summed E-state index contributed by atoms with van der Waals surface area (Å²) in [5, 5.41) is 9.92. The number of carboxylic acids is 1. The first-order valence-electron chi connectivity index (χ1n) is 7.73. The highest BCUT2D eigenvalue weighted by molar-refractivity contribution is 5.96. The van der Waals surface area contributed by atoms with Gasteiger partial charge in [-0.2, -0.15) is 0 Å². The molecule has 3 aromatic rings. The summed E-state index contributed by atoms with van der Waals surface area (Å²) in [5.74, 6) is 0.863. The molecule has 0 spiro atoms. The first-order valence-corrected chi connectivity index (χ1v) is 7.73. The number of aromatic amines is 1. The van der Waals surface area contributed by atoms with Gasteiger partial charge in [-0.15, -0.1) is 0 Å². The number of hydrogen-bond donors (Lipinski definition) is 2. The number of fused-ring (bicyclic) bond motifs is 1. The van der Waals surface area contributed by atoms with Gasteiger partial charge in [-0.1, -0.05) is 17.7 Å². The second-order valence-electron chi connectivity index (χ2n) is 5.96. The van der Waals surface area contributed by atoms with Crippen molar-refractivity contribution in [3.05, 3.63) is 53.7 Å². The van der Waals surface area contributed by atoms with Crippen molar-refractivity contribution < 1.29 is 19.4 Å². The number of benzene rings is 2. The minimum atomic E-state index is -1.01. The molecule has 3 rings (SSSR count). The topological polar surface area (TPSA) is 71.5 Å². The number of carbonyl (C=O) groups is 1. The Labute approximate surface area is 139 Å². The van der Waals surface area contributed by atoms with Gasteiger partial charge >= 0.3 is 5.97 Å². The zero-order chi connectivity index (χ0) is 17.3. The summed E-state index contributed by atoms with van der Waals surface area (Å²) in [6.45, 7) is 5.85. The molecule has 0 saturated heterocycles. The third-order valence-corrected chi connectivity index (χ3v) is 3.52. The third-order valence-electron chi connectivity index (χ3n) is 3.52. The second-order valence-corrected chi connectivity index (χ2v) is 5.96. The number of ether oxygens (including phenoxy) is 2. The maximum Gasteiger partial charge on any atom is 0.352 e. The van der Waals surface area contributed by atoms with E-state index in [1.54, 1.807) is 18.2 Å². The molecule has 2 N–H and O–H groups in total. The molecular formula is C19H19NO4. The number of carboxylic acid groups (broad SMARTS) is 1. The van der Waals surface area contributed by atoms with Crippen LogP contribution in [0.25, 0.3) is 10.9 Å². The molecular weight excluding hydrogens is 306 g/mol. The van der Waals surface area contributed by atoms with Gasteiger partial charge in [0.05, 0.1) is 11.6 Å². The van der Waals surface area contributed by atoms with E-state index in [-0.39, 0.29) is 11.8 Å². The minimum Gasteiger partial charge on any atom is -0.489 e. The van der Waals surface area contributed by atoms with Crippen LogP contribution in [0.3, 0.4) is 0 Å². The lowest BCUT2D eigenvalue weighted by Crippen LogP contribution is -2.06. The lowest BCUT2D eigenvalue weighted by Gasteiger charge is -2.13. The molecule has 0 saturated carbocycles. The average Bonchev–Trinajstić information content (AvgIpc) is 2.94. The van der Waals surface area contributed by atoms with E-state index in [0.29, 0.717) is 22.8 Å². The van der Waals surface area contributed by atoms with Gasteiger partial charge in [-0.25, -0.2) is 4.79 Å². The number of H-pyrrole nitrogens is 1. The van der Waals surface area contributed by atoms with E-state index in [2.05, 4.69) is 4.98 Å². The predicted octanol–water partition coefficient (Wildman–Crippen LogP) is 4.75. The molecule has 0 aliphatic heterocycles. The normalized spacial score (nSPS) is 11.0. The van der Waals surface area contributed by atoms with Crippen LogP contribution in [0.15, 0.2) is 42.5 Å². The highest BCUT2D eigenvalue weighted by atomic mass is 16.5. The van der Waals surface area contributed by atoms with Crippen LogP contribution >= 0.6 is 0 Å². The molecule has 2 aromatic carbocycles. The Morgan fingerprint density at radius 1 is 1.08 bits per heavy atom. The van der Waals surface area contributed by atoms with E-state index in [1.165, 1.54) is 0 Å². The Bertz CT molecular complexity index is 878. The Hall–Kier alpha value is -2.95. The summed E-state index contributed by atoms with van der Waals surface area (Å²) >= 11 is 0. The molecule has 1 heterocycles. The van der Waals surface area contributed by atoms with Crippen molar-refractivity contribution in [2.24, 2.45) is 0 Å². The second kappa shape index (κ2) is 6.28. The lowest BCUT2D eigenvalue weighted by atomic mass is 10.2. The Morgan fingerprint density at radius 3 is 2.42 bits per heavy atom.